The van der Waals surface area contributed by atoms with Crippen LogP contribution in [0.25, 0.3) is 0 Å². The molecule has 0 atom stereocenters. The van der Waals surface area contributed by atoms with Gasteiger partial charge in [0.25, 0.3) is 0 Å². The predicted octanol–water partition coefficient (Wildman–Crippen LogP) is 5.02. The summed E-state index contributed by atoms with van der Waals surface area (Å²) in [5, 5.41) is 5.31. The standard InChI is InChI=1S/C24H26N2O4S/c1-16(2)13-29-21-6-4-5-18(11-21)24(28)30-14-20-15-31-23(26-20)12-22(27)25-19-9-7-17(3)8-10-19/h4-11,15-16H,12-14H2,1-3H3,(H,25,27). The Balaban J connectivity index is 1.49. The average Bonchev–Trinajstić information content (AvgIpc) is 3.19. The van der Waals surface area contributed by atoms with Gasteiger partial charge >= 0.3 is 5.97 Å². The maximum absolute atomic E-state index is 12.4. The highest BCUT2D eigenvalue weighted by molar-refractivity contribution is 7.09. The van der Waals surface area contributed by atoms with Crippen molar-refractivity contribution in [2.24, 2.45) is 5.92 Å². The fourth-order valence-electron chi connectivity index (χ4n) is 2.67. The zero-order chi connectivity index (χ0) is 22.2. The van der Waals surface area contributed by atoms with Crippen LogP contribution in [0.1, 0.15) is 40.5 Å². The van der Waals surface area contributed by atoms with Crippen LogP contribution in [0.5, 0.6) is 5.75 Å². The molecule has 0 aliphatic rings. The normalized spacial score (nSPS) is 10.7. The molecule has 0 bridgehead atoms. The average molecular weight is 439 g/mol. The van der Waals surface area contributed by atoms with E-state index in [0.717, 1.165) is 11.3 Å². The topological polar surface area (TPSA) is 77.5 Å². The number of nitrogens with zero attached hydrogens (tertiary/aromatic N) is 1. The smallest absolute Gasteiger partial charge is 0.338 e. The summed E-state index contributed by atoms with van der Waals surface area (Å²) in [6.45, 7) is 6.75. The fourth-order valence-corrected chi connectivity index (χ4v) is 3.45. The second kappa shape index (κ2) is 10.7. The summed E-state index contributed by atoms with van der Waals surface area (Å²) in [5.41, 5.74) is 2.92. The van der Waals surface area contributed by atoms with Gasteiger partial charge < -0.3 is 14.8 Å². The van der Waals surface area contributed by atoms with Gasteiger partial charge in [-0.2, -0.15) is 0 Å². The zero-order valence-corrected chi connectivity index (χ0v) is 18.7. The summed E-state index contributed by atoms with van der Waals surface area (Å²) in [6.07, 6.45) is 0.168. The van der Waals surface area contributed by atoms with Crippen LogP contribution in [0.15, 0.2) is 53.9 Å². The van der Waals surface area contributed by atoms with Crippen LogP contribution in [0.2, 0.25) is 0 Å². The number of carbonyl (C=O) groups excluding carboxylic acids is 2. The lowest BCUT2D eigenvalue weighted by Gasteiger charge is -2.09. The molecule has 1 heterocycles. The van der Waals surface area contributed by atoms with E-state index >= 15 is 0 Å². The summed E-state index contributed by atoms with van der Waals surface area (Å²) in [5.74, 6) is 0.453. The molecule has 3 rings (SSSR count). The van der Waals surface area contributed by atoms with Gasteiger partial charge in [0.15, 0.2) is 0 Å². The lowest BCUT2D eigenvalue weighted by molar-refractivity contribution is -0.115. The third-order valence-corrected chi connectivity index (χ3v) is 5.15. The number of anilines is 1. The molecule has 0 unspecified atom stereocenters. The van der Waals surface area contributed by atoms with Gasteiger partial charge in [-0.15, -0.1) is 11.3 Å². The fraction of sp³-hybridized carbons (Fsp3) is 0.292. The van der Waals surface area contributed by atoms with Crippen LogP contribution in [-0.2, 0) is 22.6 Å². The molecule has 2 aromatic carbocycles. The molecule has 0 fully saturated rings. The van der Waals surface area contributed by atoms with Crippen molar-refractivity contribution in [3.8, 4) is 5.75 Å². The number of rotatable bonds is 9. The molecule has 1 amide bonds. The zero-order valence-electron chi connectivity index (χ0n) is 17.9. The quantitative estimate of drug-likeness (QED) is 0.475. The first-order chi connectivity index (χ1) is 14.9. The van der Waals surface area contributed by atoms with E-state index in [4.69, 9.17) is 9.47 Å². The minimum Gasteiger partial charge on any atom is -0.493 e. The van der Waals surface area contributed by atoms with Crippen LogP contribution in [0.3, 0.4) is 0 Å². The second-order valence-corrected chi connectivity index (χ2v) is 8.58. The van der Waals surface area contributed by atoms with Crippen LogP contribution in [0, 0.1) is 12.8 Å². The molecule has 1 N–H and O–H groups in total. The van der Waals surface area contributed by atoms with E-state index in [9.17, 15) is 9.59 Å². The molecular formula is C24H26N2O4S. The summed E-state index contributed by atoms with van der Waals surface area (Å²) in [4.78, 5) is 29.0. The minimum absolute atomic E-state index is 0.0476. The van der Waals surface area contributed by atoms with E-state index in [1.54, 1.807) is 23.6 Å². The molecule has 6 nitrogen and oxygen atoms in total. The van der Waals surface area contributed by atoms with Crippen molar-refractivity contribution in [1.82, 2.24) is 4.98 Å². The lowest BCUT2D eigenvalue weighted by Crippen LogP contribution is -2.14. The Labute approximate surface area is 186 Å². The van der Waals surface area contributed by atoms with E-state index in [2.05, 4.69) is 24.1 Å². The Bertz CT molecular complexity index is 1030. The molecular weight excluding hydrogens is 412 g/mol. The van der Waals surface area contributed by atoms with Crippen LogP contribution < -0.4 is 10.1 Å². The van der Waals surface area contributed by atoms with Gasteiger partial charge in [0, 0.05) is 11.1 Å². The molecule has 7 heteroatoms. The Morgan fingerprint density at radius 1 is 1.13 bits per heavy atom. The van der Waals surface area contributed by atoms with Crippen LogP contribution in [0.4, 0.5) is 5.69 Å². The summed E-state index contributed by atoms with van der Waals surface area (Å²) in [6, 6.07) is 14.5. The number of ether oxygens (including phenoxy) is 2. The largest absolute Gasteiger partial charge is 0.493 e. The van der Waals surface area contributed by atoms with Gasteiger partial charge in [-0.05, 0) is 43.2 Å². The number of aromatic nitrogens is 1. The first-order valence-electron chi connectivity index (χ1n) is 10.1. The summed E-state index contributed by atoms with van der Waals surface area (Å²) < 4.78 is 11.0. The van der Waals surface area contributed by atoms with Crippen molar-refractivity contribution in [3.05, 3.63) is 75.7 Å². The molecule has 0 spiro atoms. The number of amides is 1. The number of benzene rings is 2. The highest BCUT2D eigenvalue weighted by Gasteiger charge is 2.12. The summed E-state index contributed by atoms with van der Waals surface area (Å²) in [7, 11) is 0. The highest BCUT2D eigenvalue weighted by Crippen LogP contribution is 2.17. The molecule has 3 aromatic rings. The number of thiazole rings is 1. The van der Waals surface area contributed by atoms with Gasteiger partial charge in [0.2, 0.25) is 5.91 Å². The predicted molar refractivity (Wildman–Crippen MR) is 122 cm³/mol. The van der Waals surface area contributed by atoms with Crippen molar-refractivity contribution in [2.45, 2.75) is 33.8 Å². The SMILES string of the molecule is Cc1ccc(NC(=O)Cc2nc(COC(=O)c3cccc(OCC(C)C)c3)cs2)cc1. The molecule has 0 saturated carbocycles. The first kappa shape index (κ1) is 22.5. The molecule has 0 saturated heterocycles. The van der Waals surface area contributed by atoms with Crippen molar-refractivity contribution >= 4 is 28.9 Å². The van der Waals surface area contributed by atoms with Gasteiger partial charge in [-0.3, -0.25) is 4.79 Å². The van der Waals surface area contributed by atoms with Crippen molar-refractivity contribution < 1.29 is 19.1 Å². The van der Waals surface area contributed by atoms with Crippen LogP contribution >= 0.6 is 11.3 Å². The van der Waals surface area contributed by atoms with E-state index < -0.39 is 5.97 Å². The molecule has 162 valence electrons. The maximum Gasteiger partial charge on any atom is 0.338 e. The van der Waals surface area contributed by atoms with E-state index in [-0.39, 0.29) is 18.9 Å². The molecule has 0 aliphatic heterocycles. The number of aryl methyl sites for hydroxylation is 1. The first-order valence-corrected chi connectivity index (χ1v) is 11.0. The van der Waals surface area contributed by atoms with Gasteiger partial charge in [0.1, 0.15) is 17.4 Å². The van der Waals surface area contributed by atoms with Crippen molar-refractivity contribution in [1.29, 1.82) is 0 Å². The second-order valence-electron chi connectivity index (χ2n) is 7.63. The van der Waals surface area contributed by atoms with Crippen molar-refractivity contribution in [3.63, 3.8) is 0 Å². The Morgan fingerprint density at radius 3 is 2.65 bits per heavy atom. The van der Waals surface area contributed by atoms with E-state index in [0.29, 0.717) is 34.5 Å². The maximum atomic E-state index is 12.4. The van der Waals surface area contributed by atoms with Gasteiger partial charge in [-0.1, -0.05) is 37.6 Å². The van der Waals surface area contributed by atoms with E-state index in [1.807, 2.05) is 37.3 Å². The van der Waals surface area contributed by atoms with Crippen LogP contribution in [-0.4, -0.2) is 23.5 Å². The highest BCUT2D eigenvalue weighted by atomic mass is 32.1. The monoisotopic (exact) mass is 438 g/mol. The van der Waals surface area contributed by atoms with Gasteiger partial charge in [-0.25, -0.2) is 9.78 Å². The Kier molecular flexibility index (Phi) is 7.78. The molecule has 31 heavy (non-hydrogen) atoms. The van der Waals surface area contributed by atoms with Gasteiger partial charge in [0.05, 0.1) is 24.3 Å². The number of esters is 1. The molecule has 0 radical (unpaired) electrons. The molecule has 0 aliphatic carbocycles. The van der Waals surface area contributed by atoms with Crippen molar-refractivity contribution in [2.75, 3.05) is 11.9 Å². The number of carbonyl (C=O) groups is 2. The number of nitrogens with one attached hydrogen (secondary N) is 1. The number of hydrogen-bond donors (Lipinski definition) is 1. The molecule has 1 aromatic heterocycles. The summed E-state index contributed by atoms with van der Waals surface area (Å²) >= 11 is 1.37. The van der Waals surface area contributed by atoms with E-state index in [1.165, 1.54) is 11.3 Å². The Morgan fingerprint density at radius 2 is 1.90 bits per heavy atom. The number of hydrogen-bond acceptors (Lipinski definition) is 6. The third kappa shape index (κ3) is 7.22. The third-order valence-electron chi connectivity index (χ3n) is 4.25. The minimum atomic E-state index is -0.443. The Hall–Kier alpha value is -3.19. The lowest BCUT2D eigenvalue weighted by atomic mass is 10.2.